The van der Waals surface area contributed by atoms with Crippen molar-refractivity contribution in [3.8, 4) is 0 Å². The maximum absolute atomic E-state index is 12.3. The topological polar surface area (TPSA) is 79.7 Å². The quantitative estimate of drug-likeness (QED) is 0.767. The van der Waals surface area contributed by atoms with Crippen molar-refractivity contribution < 1.29 is 19.4 Å². The molecule has 0 saturated carbocycles. The highest BCUT2D eigenvalue weighted by Crippen LogP contribution is 2.09. The second-order valence-electron chi connectivity index (χ2n) is 4.22. The third-order valence-electron chi connectivity index (χ3n) is 2.91. The average molecular weight is 280 g/mol. The smallest absolute Gasteiger partial charge is 0.337 e. The van der Waals surface area contributed by atoms with Gasteiger partial charge in [0, 0.05) is 19.7 Å². The number of carbonyl (C=O) groups excluding carboxylic acids is 1. The molecule has 0 radical (unpaired) electrons. The largest absolute Gasteiger partial charge is 0.478 e. The Hall–Kier alpha value is -1.95. The highest BCUT2D eigenvalue weighted by atomic mass is 16.5. The van der Waals surface area contributed by atoms with Crippen molar-refractivity contribution >= 4 is 11.9 Å². The van der Waals surface area contributed by atoms with E-state index in [0.717, 1.165) is 0 Å². The minimum Gasteiger partial charge on any atom is -0.478 e. The molecule has 0 atom stereocenters. The molecule has 0 bridgehead atoms. The molecule has 1 aromatic rings. The fourth-order valence-corrected chi connectivity index (χ4v) is 1.79. The van der Waals surface area contributed by atoms with Gasteiger partial charge in [-0.05, 0) is 32.9 Å². The summed E-state index contributed by atoms with van der Waals surface area (Å²) in [4.78, 5) is 28.9. The zero-order valence-corrected chi connectivity index (χ0v) is 12.0. The maximum Gasteiger partial charge on any atom is 0.337 e. The van der Waals surface area contributed by atoms with Crippen LogP contribution in [0, 0.1) is 6.92 Å². The van der Waals surface area contributed by atoms with Gasteiger partial charge < -0.3 is 14.7 Å². The van der Waals surface area contributed by atoms with Crippen LogP contribution >= 0.6 is 0 Å². The number of hydrogen-bond acceptors (Lipinski definition) is 4. The lowest BCUT2D eigenvalue weighted by atomic mass is 10.2. The predicted octanol–water partition coefficient (Wildman–Crippen LogP) is 1.59. The maximum atomic E-state index is 12.3. The van der Waals surface area contributed by atoms with E-state index in [-0.39, 0.29) is 17.2 Å². The van der Waals surface area contributed by atoms with Gasteiger partial charge in [0.2, 0.25) is 0 Å². The molecule has 0 aliphatic heterocycles. The molecule has 1 amide bonds. The zero-order chi connectivity index (χ0) is 15.1. The van der Waals surface area contributed by atoms with Crippen molar-refractivity contribution in [3.05, 3.63) is 29.1 Å². The van der Waals surface area contributed by atoms with Gasteiger partial charge in [0.25, 0.3) is 5.91 Å². The molecule has 0 aromatic carbocycles. The fraction of sp³-hybridized carbons (Fsp3) is 0.500. The molecule has 110 valence electrons. The second kappa shape index (κ2) is 7.59. The first kappa shape index (κ1) is 16.1. The molecule has 0 aliphatic carbocycles. The summed E-state index contributed by atoms with van der Waals surface area (Å²) in [6, 6.07) is 2.86. The first-order valence-corrected chi connectivity index (χ1v) is 6.59. The number of nitrogens with zero attached hydrogens (tertiary/aromatic N) is 2. The summed E-state index contributed by atoms with van der Waals surface area (Å²) in [5.41, 5.74) is 0.703. The summed E-state index contributed by atoms with van der Waals surface area (Å²) < 4.78 is 5.23. The Labute approximate surface area is 118 Å². The van der Waals surface area contributed by atoms with Gasteiger partial charge in [-0.2, -0.15) is 0 Å². The SMILES string of the molecule is CCOCCN(CC)C(=O)c1ccc(C(=O)O)c(C)n1. The number of rotatable bonds is 7. The number of hydrogen-bond donors (Lipinski definition) is 1. The van der Waals surface area contributed by atoms with Crippen LogP contribution in [0.5, 0.6) is 0 Å². The Bertz CT molecular complexity index is 488. The van der Waals surface area contributed by atoms with E-state index in [1.807, 2.05) is 13.8 Å². The van der Waals surface area contributed by atoms with Gasteiger partial charge in [-0.25, -0.2) is 9.78 Å². The van der Waals surface area contributed by atoms with Crippen LogP contribution < -0.4 is 0 Å². The van der Waals surface area contributed by atoms with E-state index in [4.69, 9.17) is 9.84 Å². The van der Waals surface area contributed by atoms with Crippen LogP contribution in [-0.2, 0) is 4.74 Å². The molecule has 6 nitrogen and oxygen atoms in total. The number of carboxylic acids is 1. The molecule has 1 aromatic heterocycles. The van der Waals surface area contributed by atoms with Crippen LogP contribution in [0.25, 0.3) is 0 Å². The lowest BCUT2D eigenvalue weighted by Crippen LogP contribution is -2.34. The monoisotopic (exact) mass is 280 g/mol. The van der Waals surface area contributed by atoms with Gasteiger partial charge in [0.05, 0.1) is 17.9 Å². The van der Waals surface area contributed by atoms with Gasteiger partial charge >= 0.3 is 5.97 Å². The molecular weight excluding hydrogens is 260 g/mol. The van der Waals surface area contributed by atoms with Crippen molar-refractivity contribution in [1.82, 2.24) is 9.88 Å². The molecule has 0 saturated heterocycles. The molecule has 0 aliphatic rings. The van der Waals surface area contributed by atoms with Gasteiger partial charge in [0.15, 0.2) is 0 Å². The van der Waals surface area contributed by atoms with E-state index in [2.05, 4.69) is 4.98 Å². The van der Waals surface area contributed by atoms with Crippen molar-refractivity contribution in [2.45, 2.75) is 20.8 Å². The Kier molecular flexibility index (Phi) is 6.11. The molecular formula is C14H20N2O4. The summed E-state index contributed by atoms with van der Waals surface area (Å²) in [7, 11) is 0. The molecule has 6 heteroatoms. The normalized spacial score (nSPS) is 10.3. The number of likely N-dealkylation sites (N-methyl/N-ethyl adjacent to an activating group) is 1. The predicted molar refractivity (Wildman–Crippen MR) is 74.0 cm³/mol. The van der Waals surface area contributed by atoms with Crippen LogP contribution in [-0.4, -0.2) is 53.2 Å². The van der Waals surface area contributed by atoms with Crippen molar-refractivity contribution in [1.29, 1.82) is 0 Å². The Morgan fingerprint density at radius 3 is 2.55 bits per heavy atom. The average Bonchev–Trinajstić information content (AvgIpc) is 2.42. The van der Waals surface area contributed by atoms with Gasteiger partial charge in [-0.15, -0.1) is 0 Å². The number of aromatic nitrogens is 1. The number of aryl methyl sites for hydroxylation is 1. The highest BCUT2D eigenvalue weighted by molar-refractivity contribution is 5.94. The van der Waals surface area contributed by atoms with E-state index in [1.165, 1.54) is 12.1 Å². The number of amides is 1. The summed E-state index contributed by atoms with van der Waals surface area (Å²) in [6.45, 7) is 7.48. The highest BCUT2D eigenvalue weighted by Gasteiger charge is 2.17. The van der Waals surface area contributed by atoms with E-state index >= 15 is 0 Å². The van der Waals surface area contributed by atoms with Crippen molar-refractivity contribution in [3.63, 3.8) is 0 Å². The third kappa shape index (κ3) is 4.03. The second-order valence-corrected chi connectivity index (χ2v) is 4.22. The Morgan fingerprint density at radius 2 is 2.05 bits per heavy atom. The number of pyridine rings is 1. The molecule has 1 rings (SSSR count). The summed E-state index contributed by atoms with van der Waals surface area (Å²) in [5, 5.41) is 8.94. The minimum atomic E-state index is -1.04. The first-order valence-electron chi connectivity index (χ1n) is 6.59. The number of carbonyl (C=O) groups is 2. The van der Waals surface area contributed by atoms with Gasteiger partial charge in [-0.3, -0.25) is 4.79 Å². The molecule has 0 fully saturated rings. The molecule has 20 heavy (non-hydrogen) atoms. The van der Waals surface area contributed by atoms with Gasteiger partial charge in [0.1, 0.15) is 5.69 Å². The van der Waals surface area contributed by atoms with Gasteiger partial charge in [-0.1, -0.05) is 0 Å². The molecule has 1 heterocycles. The zero-order valence-electron chi connectivity index (χ0n) is 12.0. The standard InChI is InChI=1S/C14H20N2O4/c1-4-16(8-9-20-5-2)13(17)12-7-6-11(14(18)19)10(3)15-12/h6-7H,4-5,8-9H2,1-3H3,(H,18,19). The molecule has 0 spiro atoms. The lowest BCUT2D eigenvalue weighted by molar-refractivity contribution is 0.0658. The minimum absolute atomic E-state index is 0.110. The Morgan fingerprint density at radius 1 is 1.35 bits per heavy atom. The number of ether oxygens (including phenoxy) is 1. The van der Waals surface area contributed by atoms with E-state index in [1.54, 1.807) is 11.8 Å². The Balaban J connectivity index is 2.84. The number of carboxylic acid groups (broad SMARTS) is 1. The number of aromatic carboxylic acids is 1. The lowest BCUT2D eigenvalue weighted by Gasteiger charge is -2.20. The fourth-order valence-electron chi connectivity index (χ4n) is 1.79. The summed E-state index contributed by atoms with van der Waals surface area (Å²) in [5.74, 6) is -1.26. The van der Waals surface area contributed by atoms with Crippen molar-refractivity contribution in [2.75, 3.05) is 26.3 Å². The van der Waals surface area contributed by atoms with Crippen LogP contribution in [0.15, 0.2) is 12.1 Å². The van der Waals surface area contributed by atoms with E-state index < -0.39 is 5.97 Å². The van der Waals surface area contributed by atoms with Crippen molar-refractivity contribution in [2.24, 2.45) is 0 Å². The third-order valence-corrected chi connectivity index (χ3v) is 2.91. The first-order chi connectivity index (χ1) is 9.51. The van der Waals surface area contributed by atoms with E-state index in [0.29, 0.717) is 32.0 Å². The summed E-state index contributed by atoms with van der Waals surface area (Å²) >= 11 is 0. The molecule has 0 unspecified atom stereocenters. The van der Waals surface area contributed by atoms with E-state index in [9.17, 15) is 9.59 Å². The van der Waals surface area contributed by atoms with Crippen LogP contribution in [0.1, 0.15) is 40.4 Å². The molecule has 1 N–H and O–H groups in total. The summed E-state index contributed by atoms with van der Waals surface area (Å²) in [6.07, 6.45) is 0. The van der Waals surface area contributed by atoms with Crippen LogP contribution in [0.2, 0.25) is 0 Å². The van der Waals surface area contributed by atoms with Crippen LogP contribution in [0.3, 0.4) is 0 Å². The van der Waals surface area contributed by atoms with Crippen LogP contribution in [0.4, 0.5) is 0 Å².